The Morgan fingerprint density at radius 3 is 2.68 bits per heavy atom. The summed E-state index contributed by atoms with van der Waals surface area (Å²) in [6.45, 7) is 3.73. The van der Waals surface area contributed by atoms with Gasteiger partial charge in [-0.3, -0.25) is 0 Å². The summed E-state index contributed by atoms with van der Waals surface area (Å²) in [7, 11) is 0. The molecular formula is C15H17FN2O. The molecule has 0 amide bonds. The molecule has 1 aromatic heterocycles. The first-order valence-electron chi connectivity index (χ1n) is 6.30. The zero-order valence-corrected chi connectivity index (χ0v) is 10.9. The number of pyridine rings is 1. The van der Waals surface area contributed by atoms with Gasteiger partial charge in [-0.15, -0.1) is 0 Å². The predicted octanol–water partition coefficient (Wildman–Crippen LogP) is 3.37. The highest BCUT2D eigenvalue weighted by Gasteiger charge is 2.04. The van der Waals surface area contributed by atoms with Gasteiger partial charge in [-0.25, -0.2) is 9.37 Å². The van der Waals surface area contributed by atoms with Gasteiger partial charge in [-0.05, 0) is 30.2 Å². The van der Waals surface area contributed by atoms with Crippen molar-refractivity contribution in [1.29, 1.82) is 0 Å². The Balaban J connectivity index is 2.05. The van der Waals surface area contributed by atoms with E-state index in [1.807, 2.05) is 31.2 Å². The number of halogens is 1. The molecule has 0 saturated heterocycles. The number of hydrogen-bond acceptors (Lipinski definition) is 3. The van der Waals surface area contributed by atoms with Crippen LogP contribution in [0.25, 0.3) is 0 Å². The van der Waals surface area contributed by atoms with Gasteiger partial charge < -0.3 is 10.1 Å². The lowest BCUT2D eigenvalue weighted by molar-refractivity contribution is 0.133. The maximum Gasteiger partial charge on any atom is 0.165 e. The fraction of sp³-hybridized carbons (Fsp3) is 0.267. The molecule has 0 fully saturated rings. The van der Waals surface area contributed by atoms with Crippen molar-refractivity contribution in [2.45, 2.75) is 20.1 Å². The number of nitrogens with one attached hydrogen (secondary N) is 1. The molecule has 1 aromatic carbocycles. The van der Waals surface area contributed by atoms with E-state index in [-0.39, 0.29) is 11.6 Å². The van der Waals surface area contributed by atoms with E-state index in [2.05, 4.69) is 10.3 Å². The first-order chi connectivity index (χ1) is 9.31. The van der Waals surface area contributed by atoms with Crippen molar-refractivity contribution in [3.05, 3.63) is 59.5 Å². The van der Waals surface area contributed by atoms with Crippen molar-refractivity contribution in [3.63, 3.8) is 0 Å². The molecule has 19 heavy (non-hydrogen) atoms. The molecule has 2 aromatic rings. The van der Waals surface area contributed by atoms with Gasteiger partial charge in [0.2, 0.25) is 0 Å². The van der Waals surface area contributed by atoms with Crippen LogP contribution in [-0.2, 0) is 17.9 Å². The summed E-state index contributed by atoms with van der Waals surface area (Å²) in [6.07, 6.45) is 1.57. The van der Waals surface area contributed by atoms with Gasteiger partial charge in [0.1, 0.15) is 0 Å². The molecule has 0 spiro atoms. The van der Waals surface area contributed by atoms with Gasteiger partial charge >= 0.3 is 0 Å². The van der Waals surface area contributed by atoms with E-state index in [4.69, 9.17) is 4.74 Å². The minimum Gasteiger partial charge on any atom is -0.377 e. The highest BCUT2D eigenvalue weighted by molar-refractivity contribution is 5.38. The molecule has 0 aliphatic heterocycles. The topological polar surface area (TPSA) is 34.1 Å². The Hall–Kier alpha value is -1.94. The maximum absolute atomic E-state index is 13.4. The molecule has 100 valence electrons. The van der Waals surface area contributed by atoms with Gasteiger partial charge in [0.05, 0.1) is 6.61 Å². The van der Waals surface area contributed by atoms with Crippen LogP contribution >= 0.6 is 0 Å². The van der Waals surface area contributed by atoms with Crippen molar-refractivity contribution in [3.8, 4) is 0 Å². The van der Waals surface area contributed by atoms with Crippen molar-refractivity contribution in [2.75, 3.05) is 11.9 Å². The zero-order chi connectivity index (χ0) is 13.5. The van der Waals surface area contributed by atoms with Crippen molar-refractivity contribution in [2.24, 2.45) is 0 Å². The van der Waals surface area contributed by atoms with Crippen LogP contribution in [0.2, 0.25) is 0 Å². The number of ether oxygens (including phenoxy) is 1. The third kappa shape index (κ3) is 3.76. The summed E-state index contributed by atoms with van der Waals surface area (Å²) in [5, 5.41) is 3.00. The number of rotatable bonds is 6. The van der Waals surface area contributed by atoms with Crippen LogP contribution in [0.4, 0.5) is 10.2 Å². The van der Waals surface area contributed by atoms with E-state index in [1.54, 1.807) is 12.3 Å². The lowest BCUT2D eigenvalue weighted by Crippen LogP contribution is -2.06. The summed E-state index contributed by atoms with van der Waals surface area (Å²) in [5.74, 6) is -0.0708. The molecule has 1 heterocycles. The third-order valence-electron chi connectivity index (χ3n) is 2.78. The molecule has 0 bridgehead atoms. The predicted molar refractivity (Wildman–Crippen MR) is 73.3 cm³/mol. The average molecular weight is 260 g/mol. The minimum atomic E-state index is -0.343. The summed E-state index contributed by atoms with van der Waals surface area (Å²) < 4.78 is 18.9. The van der Waals surface area contributed by atoms with Gasteiger partial charge in [0.15, 0.2) is 11.6 Å². The summed E-state index contributed by atoms with van der Waals surface area (Å²) in [5.41, 5.74) is 2.19. The Bertz CT molecular complexity index is 531. The smallest absolute Gasteiger partial charge is 0.165 e. The molecule has 0 radical (unpaired) electrons. The fourth-order valence-electron chi connectivity index (χ4n) is 1.78. The molecule has 3 nitrogen and oxygen atoms in total. The molecule has 4 heteroatoms. The molecule has 2 rings (SSSR count). The second kappa shape index (κ2) is 6.85. The van der Waals surface area contributed by atoms with E-state index < -0.39 is 0 Å². The van der Waals surface area contributed by atoms with E-state index >= 15 is 0 Å². The first-order valence-corrected chi connectivity index (χ1v) is 6.30. The Morgan fingerprint density at radius 2 is 1.95 bits per heavy atom. The largest absolute Gasteiger partial charge is 0.377 e. The lowest BCUT2D eigenvalue weighted by Gasteiger charge is -2.11. The molecule has 0 aliphatic carbocycles. The first kappa shape index (κ1) is 13.5. The molecule has 0 saturated carbocycles. The van der Waals surface area contributed by atoms with E-state index in [0.29, 0.717) is 19.8 Å². The Kier molecular flexibility index (Phi) is 4.86. The van der Waals surface area contributed by atoms with Crippen LogP contribution in [-0.4, -0.2) is 11.6 Å². The normalized spacial score (nSPS) is 10.4. The number of benzene rings is 1. The highest BCUT2D eigenvalue weighted by Crippen LogP contribution is 2.14. The van der Waals surface area contributed by atoms with E-state index in [1.165, 1.54) is 6.07 Å². The third-order valence-corrected chi connectivity index (χ3v) is 2.78. The molecule has 0 atom stereocenters. The second-order valence-electron chi connectivity index (χ2n) is 4.09. The monoisotopic (exact) mass is 260 g/mol. The molecule has 0 unspecified atom stereocenters. The second-order valence-corrected chi connectivity index (χ2v) is 4.09. The van der Waals surface area contributed by atoms with Crippen LogP contribution in [0.1, 0.15) is 18.1 Å². The van der Waals surface area contributed by atoms with Gasteiger partial charge in [0, 0.05) is 19.3 Å². The fourth-order valence-corrected chi connectivity index (χ4v) is 1.78. The average Bonchev–Trinajstić information content (AvgIpc) is 2.45. The van der Waals surface area contributed by atoms with E-state index in [0.717, 1.165) is 11.1 Å². The summed E-state index contributed by atoms with van der Waals surface area (Å²) in [4.78, 5) is 3.97. The zero-order valence-electron chi connectivity index (χ0n) is 10.9. The SMILES string of the molecule is CCOCc1ccccc1CNc1ncccc1F. The van der Waals surface area contributed by atoms with Crippen LogP contribution in [0.15, 0.2) is 42.6 Å². The summed E-state index contributed by atoms with van der Waals surface area (Å²) >= 11 is 0. The highest BCUT2D eigenvalue weighted by atomic mass is 19.1. The number of aromatic nitrogens is 1. The Morgan fingerprint density at radius 1 is 1.16 bits per heavy atom. The van der Waals surface area contributed by atoms with Crippen LogP contribution < -0.4 is 5.32 Å². The molecule has 0 aliphatic rings. The maximum atomic E-state index is 13.4. The Labute approximate surface area is 112 Å². The number of hydrogen-bond donors (Lipinski definition) is 1. The van der Waals surface area contributed by atoms with Gasteiger partial charge in [-0.1, -0.05) is 24.3 Å². The van der Waals surface area contributed by atoms with Gasteiger partial charge in [-0.2, -0.15) is 0 Å². The number of anilines is 1. The van der Waals surface area contributed by atoms with Gasteiger partial charge in [0.25, 0.3) is 0 Å². The van der Waals surface area contributed by atoms with Crippen LogP contribution in [0.5, 0.6) is 0 Å². The van der Waals surface area contributed by atoms with Crippen molar-refractivity contribution in [1.82, 2.24) is 4.98 Å². The molecular weight excluding hydrogens is 243 g/mol. The van der Waals surface area contributed by atoms with Crippen LogP contribution in [0.3, 0.4) is 0 Å². The quantitative estimate of drug-likeness (QED) is 0.864. The lowest BCUT2D eigenvalue weighted by atomic mass is 10.1. The number of nitrogens with zero attached hydrogens (tertiary/aromatic N) is 1. The van der Waals surface area contributed by atoms with Crippen molar-refractivity contribution < 1.29 is 9.13 Å². The molecule has 1 N–H and O–H groups in total. The minimum absolute atomic E-state index is 0.272. The van der Waals surface area contributed by atoms with E-state index in [9.17, 15) is 4.39 Å². The standard InChI is InChI=1S/C15H17FN2O/c1-2-19-11-13-7-4-3-6-12(13)10-18-15-14(16)8-5-9-17-15/h3-9H,2,10-11H2,1H3,(H,17,18). The summed E-state index contributed by atoms with van der Waals surface area (Å²) in [6, 6.07) is 10.9. The van der Waals surface area contributed by atoms with Crippen molar-refractivity contribution >= 4 is 5.82 Å². The van der Waals surface area contributed by atoms with Crippen LogP contribution in [0, 0.1) is 5.82 Å².